The van der Waals surface area contributed by atoms with E-state index in [0.717, 1.165) is 21.3 Å². The highest BCUT2D eigenvalue weighted by Crippen LogP contribution is 2.36. The molecule has 42 heavy (non-hydrogen) atoms. The van der Waals surface area contributed by atoms with Crippen LogP contribution in [-0.4, -0.2) is 59.4 Å². The third-order valence-electron chi connectivity index (χ3n) is 6.93. The zero-order valence-corrected chi connectivity index (χ0v) is 27.1. The number of rotatable bonds is 13. The molecule has 12 heteroatoms. The molecule has 10 nitrogen and oxygen atoms in total. The fourth-order valence-corrected chi connectivity index (χ4v) is 6.50. The van der Waals surface area contributed by atoms with Gasteiger partial charge in [0.25, 0.3) is 0 Å². The normalized spacial score (nSPS) is 12.4. The first-order chi connectivity index (χ1) is 19.8. The zero-order valence-electron chi connectivity index (χ0n) is 25.3. The maximum atomic E-state index is 13.2. The standard InChI is InChI=1S/C30H41N5O5SSi/c1-7-40-27(36)16-15-26-33-28(23-13-14-24-25(19-23)35(30(31)32-24)41(37,38)21(2)3)29(22-11-9-8-10-12-22)34(26)20-39-17-18-42(4,5)6/h8-14,19,21H,7,15-18,20H2,1-6H3,(H2,31,32). The lowest BCUT2D eigenvalue weighted by Gasteiger charge is -2.17. The van der Waals surface area contributed by atoms with Crippen LogP contribution in [0.25, 0.3) is 33.5 Å². The zero-order chi connectivity index (χ0) is 30.7. The Morgan fingerprint density at radius 3 is 2.40 bits per heavy atom. The van der Waals surface area contributed by atoms with Gasteiger partial charge in [0.2, 0.25) is 16.0 Å². The van der Waals surface area contributed by atoms with E-state index in [4.69, 9.17) is 20.2 Å². The Labute approximate surface area is 248 Å². The van der Waals surface area contributed by atoms with Gasteiger partial charge < -0.3 is 19.8 Å². The second-order valence-electron chi connectivity index (χ2n) is 11.7. The fourth-order valence-electron chi connectivity index (χ4n) is 4.60. The maximum absolute atomic E-state index is 13.2. The van der Waals surface area contributed by atoms with Crippen LogP contribution in [0, 0.1) is 0 Å². The van der Waals surface area contributed by atoms with Crippen molar-refractivity contribution in [2.75, 3.05) is 18.9 Å². The van der Waals surface area contributed by atoms with Crippen molar-refractivity contribution < 1.29 is 22.7 Å². The van der Waals surface area contributed by atoms with Gasteiger partial charge in [-0.1, -0.05) is 56.0 Å². The van der Waals surface area contributed by atoms with Crippen LogP contribution in [0.1, 0.15) is 33.0 Å². The van der Waals surface area contributed by atoms with Gasteiger partial charge in [-0.25, -0.2) is 22.4 Å². The molecule has 2 heterocycles. The van der Waals surface area contributed by atoms with E-state index in [1.807, 2.05) is 41.0 Å². The van der Waals surface area contributed by atoms with Gasteiger partial charge in [-0.15, -0.1) is 0 Å². The smallest absolute Gasteiger partial charge is 0.306 e. The van der Waals surface area contributed by atoms with Crippen LogP contribution in [0.2, 0.25) is 25.7 Å². The molecule has 0 saturated carbocycles. The molecule has 2 aromatic heterocycles. The second-order valence-corrected chi connectivity index (χ2v) is 19.7. The fraction of sp³-hybridized carbons (Fsp3) is 0.433. The molecule has 0 atom stereocenters. The Bertz CT molecular complexity index is 1660. The summed E-state index contributed by atoms with van der Waals surface area (Å²) in [6.07, 6.45) is 0.521. The molecule has 226 valence electrons. The number of aryl methyl sites for hydroxylation is 1. The summed E-state index contributed by atoms with van der Waals surface area (Å²) in [6.45, 7) is 13.1. The van der Waals surface area contributed by atoms with Crippen molar-refractivity contribution in [2.45, 2.75) is 71.3 Å². The van der Waals surface area contributed by atoms with Crippen LogP contribution < -0.4 is 5.73 Å². The van der Waals surface area contributed by atoms with E-state index < -0.39 is 23.3 Å². The van der Waals surface area contributed by atoms with E-state index >= 15 is 0 Å². The summed E-state index contributed by atoms with van der Waals surface area (Å²) >= 11 is 0. The van der Waals surface area contributed by atoms with E-state index in [2.05, 4.69) is 24.6 Å². The molecule has 0 radical (unpaired) electrons. The van der Waals surface area contributed by atoms with Crippen molar-refractivity contribution in [2.24, 2.45) is 0 Å². The lowest BCUT2D eigenvalue weighted by molar-refractivity contribution is -0.143. The molecule has 0 amide bonds. The second kappa shape index (κ2) is 12.8. The Morgan fingerprint density at radius 1 is 1.05 bits per heavy atom. The molecule has 0 spiro atoms. The summed E-state index contributed by atoms with van der Waals surface area (Å²) in [4.78, 5) is 21.6. The minimum Gasteiger partial charge on any atom is -0.466 e. The van der Waals surface area contributed by atoms with E-state index in [0.29, 0.717) is 47.7 Å². The number of nitrogens with two attached hydrogens (primary N) is 1. The number of fused-ring (bicyclic) bond motifs is 1. The van der Waals surface area contributed by atoms with Crippen molar-refractivity contribution in [1.82, 2.24) is 18.5 Å². The van der Waals surface area contributed by atoms with Gasteiger partial charge in [-0.05, 0) is 38.9 Å². The number of nitrogen functional groups attached to an aromatic ring is 1. The molecular formula is C30H41N5O5SSi. The van der Waals surface area contributed by atoms with E-state index in [9.17, 15) is 13.2 Å². The molecule has 0 aliphatic carbocycles. The van der Waals surface area contributed by atoms with Crippen molar-refractivity contribution in [3.8, 4) is 22.5 Å². The Hall–Kier alpha value is -3.48. The Kier molecular flexibility index (Phi) is 9.59. The first-order valence-electron chi connectivity index (χ1n) is 14.2. The average molecular weight is 612 g/mol. The number of carbonyl (C=O) groups excluding carboxylic acids is 1. The van der Waals surface area contributed by atoms with Crippen molar-refractivity contribution >= 4 is 41.0 Å². The summed E-state index contributed by atoms with van der Waals surface area (Å²) in [7, 11) is -5.08. The number of carbonyl (C=O) groups is 1. The van der Waals surface area contributed by atoms with Crippen LogP contribution in [-0.2, 0) is 37.4 Å². The topological polar surface area (TPSA) is 131 Å². The van der Waals surface area contributed by atoms with Gasteiger partial charge in [0.15, 0.2) is 0 Å². The van der Waals surface area contributed by atoms with Gasteiger partial charge in [0.1, 0.15) is 12.6 Å². The Balaban J connectivity index is 1.89. The van der Waals surface area contributed by atoms with Crippen molar-refractivity contribution in [3.05, 3.63) is 54.4 Å². The van der Waals surface area contributed by atoms with Crippen LogP contribution in [0.3, 0.4) is 0 Å². The highest BCUT2D eigenvalue weighted by atomic mass is 32.2. The van der Waals surface area contributed by atoms with Gasteiger partial charge in [-0.3, -0.25) is 4.79 Å². The molecule has 2 aromatic carbocycles. The quantitative estimate of drug-likeness (QED) is 0.118. The predicted molar refractivity (Wildman–Crippen MR) is 169 cm³/mol. The number of nitrogens with zero attached hydrogens (tertiary/aromatic N) is 4. The Morgan fingerprint density at radius 2 is 1.76 bits per heavy atom. The van der Waals surface area contributed by atoms with E-state index in [-0.39, 0.29) is 25.1 Å². The van der Waals surface area contributed by atoms with Crippen LogP contribution in [0.4, 0.5) is 5.95 Å². The van der Waals surface area contributed by atoms with E-state index in [1.54, 1.807) is 32.9 Å². The highest BCUT2D eigenvalue weighted by Gasteiger charge is 2.26. The third kappa shape index (κ3) is 6.93. The molecule has 4 aromatic rings. The number of anilines is 1. The minimum absolute atomic E-state index is 0.0874. The molecular weight excluding hydrogens is 571 g/mol. The summed E-state index contributed by atoms with van der Waals surface area (Å²) in [6, 6.07) is 16.2. The highest BCUT2D eigenvalue weighted by molar-refractivity contribution is 7.90. The SMILES string of the molecule is CCOC(=O)CCc1nc(-c2ccc3nc(N)n(S(=O)(=O)C(C)C)c3c2)c(-c2ccccc2)n1COCC[Si](C)(C)C. The molecule has 0 fully saturated rings. The van der Waals surface area contributed by atoms with Gasteiger partial charge in [-0.2, -0.15) is 0 Å². The average Bonchev–Trinajstić information content (AvgIpc) is 3.46. The lowest BCUT2D eigenvalue weighted by Crippen LogP contribution is -2.23. The van der Waals surface area contributed by atoms with Crippen LogP contribution >= 0.6 is 0 Å². The summed E-state index contributed by atoms with van der Waals surface area (Å²) < 4.78 is 40.9. The number of esters is 1. The summed E-state index contributed by atoms with van der Waals surface area (Å²) in [5.74, 6) is 0.289. The molecule has 0 unspecified atom stereocenters. The molecule has 0 saturated heterocycles. The van der Waals surface area contributed by atoms with Crippen LogP contribution in [0.15, 0.2) is 48.5 Å². The molecule has 0 bridgehead atoms. The minimum atomic E-state index is -3.77. The number of hydrogen-bond acceptors (Lipinski definition) is 8. The molecule has 2 N–H and O–H groups in total. The lowest BCUT2D eigenvalue weighted by atomic mass is 10.0. The predicted octanol–water partition coefficient (Wildman–Crippen LogP) is 5.54. The first-order valence-corrected chi connectivity index (χ1v) is 19.5. The monoisotopic (exact) mass is 611 g/mol. The molecule has 0 aliphatic heterocycles. The number of imidazole rings is 2. The van der Waals surface area contributed by atoms with Crippen molar-refractivity contribution in [1.29, 1.82) is 0 Å². The molecule has 4 rings (SSSR count). The summed E-state index contributed by atoms with van der Waals surface area (Å²) in [5.41, 5.74) is 10.0. The molecule has 0 aliphatic rings. The number of ether oxygens (including phenoxy) is 2. The number of hydrogen-bond donors (Lipinski definition) is 1. The maximum Gasteiger partial charge on any atom is 0.306 e. The summed E-state index contributed by atoms with van der Waals surface area (Å²) in [5, 5.41) is -0.692. The third-order valence-corrected chi connectivity index (χ3v) is 10.7. The van der Waals surface area contributed by atoms with Crippen LogP contribution in [0.5, 0.6) is 0 Å². The van der Waals surface area contributed by atoms with Gasteiger partial charge in [0, 0.05) is 32.2 Å². The van der Waals surface area contributed by atoms with Crippen molar-refractivity contribution in [3.63, 3.8) is 0 Å². The number of aromatic nitrogens is 4. The van der Waals surface area contributed by atoms with Gasteiger partial charge in [0.05, 0.1) is 40.7 Å². The number of benzene rings is 2. The largest absolute Gasteiger partial charge is 0.466 e. The van der Waals surface area contributed by atoms with Gasteiger partial charge >= 0.3 is 5.97 Å². The van der Waals surface area contributed by atoms with E-state index in [1.165, 1.54) is 0 Å². The first kappa shape index (κ1) is 31.5.